The summed E-state index contributed by atoms with van der Waals surface area (Å²) in [6, 6.07) is 10.1. The fourth-order valence-corrected chi connectivity index (χ4v) is 4.38. The molecule has 0 amide bonds. The van der Waals surface area contributed by atoms with Crippen LogP contribution in [0.25, 0.3) is 10.2 Å². The Labute approximate surface area is 144 Å². The molecule has 0 spiro atoms. The summed E-state index contributed by atoms with van der Waals surface area (Å²) in [4.78, 5) is 11.3. The van der Waals surface area contributed by atoms with E-state index in [4.69, 9.17) is 0 Å². The molecule has 0 saturated carbocycles. The lowest BCUT2D eigenvalue weighted by Gasteiger charge is -2.19. The van der Waals surface area contributed by atoms with Crippen LogP contribution in [0.1, 0.15) is 16.0 Å². The minimum Gasteiger partial charge on any atom is -0.394 e. The molecule has 0 bridgehead atoms. The average molecular weight is 340 g/mol. The van der Waals surface area contributed by atoms with Crippen molar-refractivity contribution in [3.63, 3.8) is 0 Å². The molecule has 0 fully saturated rings. The summed E-state index contributed by atoms with van der Waals surface area (Å²) < 4.78 is 0. The summed E-state index contributed by atoms with van der Waals surface area (Å²) in [6.07, 6.45) is 3.37. The molecule has 0 unspecified atom stereocenters. The van der Waals surface area contributed by atoms with Gasteiger partial charge < -0.3 is 15.7 Å². The van der Waals surface area contributed by atoms with Crippen molar-refractivity contribution in [1.29, 1.82) is 0 Å². The van der Waals surface area contributed by atoms with Gasteiger partial charge in [-0.3, -0.25) is 0 Å². The minimum atomic E-state index is -0.0669. The zero-order chi connectivity index (χ0) is 16.4. The Bertz CT molecular complexity index is 834. The molecule has 124 valence electrons. The summed E-state index contributed by atoms with van der Waals surface area (Å²) in [5.74, 6) is 0.842. The number of hydrogen-bond acceptors (Lipinski definition) is 6. The van der Waals surface area contributed by atoms with Crippen LogP contribution in [-0.2, 0) is 19.4 Å². The van der Waals surface area contributed by atoms with Crippen molar-refractivity contribution in [1.82, 2.24) is 15.3 Å². The maximum Gasteiger partial charge on any atom is 0.138 e. The molecule has 3 N–H and O–H groups in total. The first kappa shape index (κ1) is 15.5. The van der Waals surface area contributed by atoms with Gasteiger partial charge in [0.1, 0.15) is 17.0 Å². The van der Waals surface area contributed by atoms with Gasteiger partial charge >= 0.3 is 0 Å². The van der Waals surface area contributed by atoms with Crippen molar-refractivity contribution in [3.05, 3.63) is 52.7 Å². The van der Waals surface area contributed by atoms with Crippen molar-refractivity contribution >= 4 is 27.4 Å². The standard InChI is InChI=1S/C18H20N4OS/c23-10-13(8-12-4-2-1-3-5-12)22-17-16-14-6-7-19-9-15(14)24-18(16)21-11-20-17/h1-5,11,13,19,23H,6-10H2,(H,20,21,22)/t13-/m0/s1. The molecule has 1 aliphatic rings. The summed E-state index contributed by atoms with van der Waals surface area (Å²) in [5.41, 5.74) is 2.55. The van der Waals surface area contributed by atoms with Gasteiger partial charge in [0.05, 0.1) is 18.0 Å². The van der Waals surface area contributed by atoms with Crippen molar-refractivity contribution in [2.75, 3.05) is 18.5 Å². The van der Waals surface area contributed by atoms with Crippen molar-refractivity contribution in [3.8, 4) is 0 Å². The van der Waals surface area contributed by atoms with Crippen molar-refractivity contribution in [2.24, 2.45) is 0 Å². The van der Waals surface area contributed by atoms with Crippen LogP contribution in [0.15, 0.2) is 36.7 Å². The monoisotopic (exact) mass is 340 g/mol. The SMILES string of the molecule is OC[C@H](Cc1ccccc1)Nc1ncnc2sc3c(c12)CCNC3. The fourth-order valence-electron chi connectivity index (χ4n) is 3.22. The van der Waals surface area contributed by atoms with E-state index in [0.29, 0.717) is 0 Å². The molecular weight excluding hydrogens is 320 g/mol. The minimum absolute atomic E-state index is 0.0638. The quantitative estimate of drug-likeness (QED) is 0.665. The van der Waals surface area contributed by atoms with Gasteiger partial charge in [-0.25, -0.2) is 9.97 Å². The first-order valence-corrected chi connectivity index (χ1v) is 9.04. The van der Waals surface area contributed by atoms with Crippen LogP contribution < -0.4 is 10.6 Å². The van der Waals surface area contributed by atoms with Gasteiger partial charge in [0.2, 0.25) is 0 Å². The number of nitrogens with zero attached hydrogens (tertiary/aromatic N) is 2. The fraction of sp³-hybridized carbons (Fsp3) is 0.333. The van der Waals surface area contributed by atoms with Crippen LogP contribution in [0.3, 0.4) is 0 Å². The number of aliphatic hydroxyl groups is 1. The molecular formula is C18H20N4OS. The molecule has 2 aromatic heterocycles. The zero-order valence-electron chi connectivity index (χ0n) is 13.3. The van der Waals surface area contributed by atoms with Gasteiger partial charge in [-0.2, -0.15) is 0 Å². The summed E-state index contributed by atoms with van der Waals surface area (Å²) in [6.45, 7) is 1.96. The lowest BCUT2D eigenvalue weighted by atomic mass is 10.0. The molecule has 4 rings (SSSR count). The third kappa shape index (κ3) is 3.00. The highest BCUT2D eigenvalue weighted by Gasteiger charge is 2.21. The van der Waals surface area contributed by atoms with E-state index in [2.05, 4.69) is 32.7 Å². The molecule has 24 heavy (non-hydrogen) atoms. The maximum absolute atomic E-state index is 9.80. The molecule has 3 heterocycles. The number of rotatable bonds is 5. The second kappa shape index (κ2) is 6.84. The van der Waals surface area contributed by atoms with E-state index < -0.39 is 0 Å². The smallest absolute Gasteiger partial charge is 0.138 e. The second-order valence-electron chi connectivity index (χ2n) is 6.05. The topological polar surface area (TPSA) is 70.1 Å². The van der Waals surface area contributed by atoms with Crippen LogP contribution in [0, 0.1) is 0 Å². The Balaban J connectivity index is 1.64. The average Bonchev–Trinajstić information content (AvgIpc) is 3.01. The summed E-state index contributed by atoms with van der Waals surface area (Å²) >= 11 is 1.74. The summed E-state index contributed by atoms with van der Waals surface area (Å²) in [7, 11) is 0. The Morgan fingerprint density at radius 2 is 2.12 bits per heavy atom. The number of aromatic nitrogens is 2. The Hall–Kier alpha value is -2.02. The predicted octanol–water partition coefficient (Wildman–Crippen LogP) is 2.35. The number of hydrogen-bond donors (Lipinski definition) is 3. The van der Waals surface area contributed by atoms with Crippen molar-refractivity contribution in [2.45, 2.75) is 25.4 Å². The maximum atomic E-state index is 9.80. The number of nitrogens with one attached hydrogen (secondary N) is 2. The van der Waals surface area contributed by atoms with Crippen LogP contribution in [-0.4, -0.2) is 34.3 Å². The van der Waals surface area contributed by atoms with Gasteiger partial charge in [0.15, 0.2) is 0 Å². The lowest BCUT2D eigenvalue weighted by Crippen LogP contribution is -2.27. The highest BCUT2D eigenvalue weighted by molar-refractivity contribution is 7.18. The van der Waals surface area contributed by atoms with E-state index in [1.54, 1.807) is 17.7 Å². The molecule has 1 aromatic carbocycles. The van der Waals surface area contributed by atoms with Gasteiger partial charge in [0.25, 0.3) is 0 Å². The Morgan fingerprint density at radius 3 is 2.96 bits per heavy atom. The number of benzene rings is 1. The van der Waals surface area contributed by atoms with E-state index in [1.807, 2.05) is 18.2 Å². The van der Waals surface area contributed by atoms with Crippen LogP contribution in [0.4, 0.5) is 5.82 Å². The van der Waals surface area contributed by atoms with Crippen LogP contribution in [0.5, 0.6) is 0 Å². The zero-order valence-corrected chi connectivity index (χ0v) is 14.1. The summed E-state index contributed by atoms with van der Waals surface area (Å²) in [5, 5.41) is 17.8. The molecule has 5 nitrogen and oxygen atoms in total. The van der Waals surface area contributed by atoms with E-state index >= 15 is 0 Å². The van der Waals surface area contributed by atoms with E-state index in [1.165, 1.54) is 16.0 Å². The Kier molecular flexibility index (Phi) is 4.42. The normalized spacial score (nSPS) is 15.2. The molecule has 6 heteroatoms. The van der Waals surface area contributed by atoms with E-state index in [-0.39, 0.29) is 12.6 Å². The van der Waals surface area contributed by atoms with Crippen LogP contribution >= 0.6 is 11.3 Å². The molecule has 1 aliphatic heterocycles. The predicted molar refractivity (Wildman–Crippen MR) is 97.5 cm³/mol. The Morgan fingerprint density at radius 1 is 1.25 bits per heavy atom. The lowest BCUT2D eigenvalue weighted by molar-refractivity contribution is 0.273. The molecule has 0 aliphatic carbocycles. The van der Waals surface area contributed by atoms with Crippen LogP contribution in [0.2, 0.25) is 0 Å². The number of aliphatic hydroxyl groups excluding tert-OH is 1. The van der Waals surface area contributed by atoms with Gasteiger partial charge in [-0.1, -0.05) is 30.3 Å². The third-order valence-corrected chi connectivity index (χ3v) is 5.53. The first-order valence-electron chi connectivity index (χ1n) is 8.22. The van der Waals surface area contributed by atoms with Gasteiger partial charge in [-0.05, 0) is 30.5 Å². The van der Waals surface area contributed by atoms with Gasteiger partial charge in [0, 0.05) is 11.4 Å². The largest absolute Gasteiger partial charge is 0.394 e. The number of thiophene rings is 1. The number of anilines is 1. The van der Waals surface area contributed by atoms with E-state index in [9.17, 15) is 5.11 Å². The number of fused-ring (bicyclic) bond motifs is 3. The highest BCUT2D eigenvalue weighted by atomic mass is 32.1. The van der Waals surface area contributed by atoms with E-state index in [0.717, 1.165) is 42.0 Å². The van der Waals surface area contributed by atoms with Gasteiger partial charge in [-0.15, -0.1) is 11.3 Å². The van der Waals surface area contributed by atoms with Crippen molar-refractivity contribution < 1.29 is 5.11 Å². The molecule has 0 radical (unpaired) electrons. The highest BCUT2D eigenvalue weighted by Crippen LogP contribution is 2.35. The molecule has 1 atom stereocenters. The second-order valence-corrected chi connectivity index (χ2v) is 7.13. The molecule has 0 saturated heterocycles. The molecule has 3 aromatic rings. The third-order valence-electron chi connectivity index (χ3n) is 4.39. The first-order chi connectivity index (χ1) is 11.8.